The topological polar surface area (TPSA) is 102 Å². The molecule has 1 heterocycles. The Morgan fingerprint density at radius 1 is 1.12 bits per heavy atom. The fraction of sp³-hybridized carbons (Fsp3) is 0.750. The molecule has 0 aromatic heterocycles. The lowest BCUT2D eigenvalue weighted by atomic mass is 10.1. The van der Waals surface area contributed by atoms with Crippen LogP contribution >= 0.6 is 0 Å². The smallest absolute Gasteiger partial charge is 0.232 e. The first kappa shape index (κ1) is 20.2. The Kier molecular flexibility index (Phi) is 9.18. The van der Waals surface area contributed by atoms with Crippen LogP contribution in [-0.4, -0.2) is 67.9 Å². The summed E-state index contributed by atoms with van der Waals surface area (Å²) < 4.78 is 10.5. The van der Waals surface area contributed by atoms with Gasteiger partial charge in [-0.15, -0.1) is 0 Å². The van der Waals surface area contributed by atoms with Crippen LogP contribution < -0.4 is 5.32 Å². The summed E-state index contributed by atoms with van der Waals surface area (Å²) in [5.41, 5.74) is 0. The maximum atomic E-state index is 11.7. The van der Waals surface area contributed by atoms with E-state index in [-0.39, 0.29) is 48.8 Å². The highest BCUT2D eigenvalue weighted by Gasteiger charge is 2.35. The fourth-order valence-electron chi connectivity index (χ4n) is 2.19. The van der Waals surface area contributed by atoms with Crippen molar-refractivity contribution >= 4 is 23.5 Å². The van der Waals surface area contributed by atoms with Gasteiger partial charge in [-0.25, -0.2) is 0 Å². The number of ketones is 1. The van der Waals surface area contributed by atoms with Crippen LogP contribution in [0.1, 0.15) is 33.1 Å². The number of hydrogen-bond donors (Lipinski definition) is 1. The van der Waals surface area contributed by atoms with Gasteiger partial charge in [0.25, 0.3) is 0 Å². The van der Waals surface area contributed by atoms with Crippen LogP contribution in [0.4, 0.5) is 0 Å². The van der Waals surface area contributed by atoms with Crippen LogP contribution in [0.25, 0.3) is 0 Å². The van der Waals surface area contributed by atoms with E-state index in [1.165, 1.54) is 6.92 Å². The summed E-state index contributed by atoms with van der Waals surface area (Å²) in [6, 6.07) is 0. The minimum absolute atomic E-state index is 0.0884. The van der Waals surface area contributed by atoms with Crippen molar-refractivity contribution < 1.29 is 28.7 Å². The molecule has 1 rings (SSSR count). The maximum absolute atomic E-state index is 11.7. The zero-order chi connectivity index (χ0) is 17.9. The molecule has 1 saturated heterocycles. The highest BCUT2D eigenvalue weighted by Crippen LogP contribution is 2.18. The van der Waals surface area contributed by atoms with Crippen molar-refractivity contribution in [3.63, 3.8) is 0 Å². The number of rotatable bonds is 12. The van der Waals surface area contributed by atoms with Gasteiger partial charge in [0.2, 0.25) is 17.7 Å². The third-order valence-electron chi connectivity index (χ3n) is 3.57. The molecule has 0 bridgehead atoms. The van der Waals surface area contributed by atoms with Crippen molar-refractivity contribution in [2.75, 3.05) is 39.5 Å². The first-order valence-corrected chi connectivity index (χ1v) is 8.17. The summed E-state index contributed by atoms with van der Waals surface area (Å²) in [6.07, 6.45) is 0.720. The molecule has 0 aromatic carbocycles. The number of nitrogens with zero attached hydrogens (tertiary/aromatic N) is 1. The van der Waals surface area contributed by atoms with E-state index in [0.29, 0.717) is 39.4 Å². The first-order chi connectivity index (χ1) is 11.4. The van der Waals surface area contributed by atoms with E-state index in [4.69, 9.17) is 9.47 Å². The molecular formula is C16H26N2O6. The van der Waals surface area contributed by atoms with Crippen LogP contribution in [-0.2, 0) is 28.7 Å². The molecule has 1 fully saturated rings. The Morgan fingerprint density at radius 3 is 2.38 bits per heavy atom. The van der Waals surface area contributed by atoms with Gasteiger partial charge in [0.1, 0.15) is 5.78 Å². The molecule has 0 spiro atoms. The SMILES string of the molecule is CC(=O)CCOCCOCCNC(=O)CCN1C(=O)CC(C)C1=O. The minimum atomic E-state index is -0.286. The molecule has 0 radical (unpaired) electrons. The number of carbonyl (C=O) groups is 4. The van der Waals surface area contributed by atoms with E-state index < -0.39 is 0 Å². The second kappa shape index (κ2) is 10.9. The second-order valence-electron chi connectivity index (χ2n) is 5.77. The zero-order valence-electron chi connectivity index (χ0n) is 14.3. The molecule has 1 atom stereocenters. The van der Waals surface area contributed by atoms with Gasteiger partial charge < -0.3 is 14.8 Å². The highest BCUT2D eigenvalue weighted by molar-refractivity contribution is 6.03. The largest absolute Gasteiger partial charge is 0.379 e. The quantitative estimate of drug-likeness (QED) is 0.392. The molecule has 8 heteroatoms. The average Bonchev–Trinajstić information content (AvgIpc) is 2.76. The van der Waals surface area contributed by atoms with Gasteiger partial charge >= 0.3 is 0 Å². The molecule has 1 unspecified atom stereocenters. The maximum Gasteiger partial charge on any atom is 0.232 e. The molecule has 0 aromatic rings. The van der Waals surface area contributed by atoms with E-state index in [1.54, 1.807) is 6.92 Å². The number of likely N-dealkylation sites (tertiary alicyclic amines) is 1. The van der Waals surface area contributed by atoms with Crippen molar-refractivity contribution in [1.82, 2.24) is 10.2 Å². The summed E-state index contributed by atoms with van der Waals surface area (Å²) in [4.78, 5) is 46.8. The number of Topliss-reactive ketones (excluding diaryl/α,β-unsaturated/α-hetero) is 1. The van der Waals surface area contributed by atoms with Crippen LogP contribution in [0.15, 0.2) is 0 Å². The number of hydrogen-bond acceptors (Lipinski definition) is 6. The molecule has 24 heavy (non-hydrogen) atoms. The van der Waals surface area contributed by atoms with Gasteiger partial charge in [0.15, 0.2) is 0 Å². The Labute approximate surface area is 141 Å². The average molecular weight is 342 g/mol. The lowest BCUT2D eigenvalue weighted by molar-refractivity contribution is -0.139. The predicted octanol–water partition coefficient (Wildman–Crippen LogP) is -0.1000. The number of ether oxygens (including phenoxy) is 2. The van der Waals surface area contributed by atoms with Crippen LogP contribution in [0.3, 0.4) is 0 Å². The minimum Gasteiger partial charge on any atom is -0.379 e. The van der Waals surface area contributed by atoms with Crippen molar-refractivity contribution in [2.24, 2.45) is 5.92 Å². The van der Waals surface area contributed by atoms with Gasteiger partial charge in [-0.05, 0) is 6.92 Å². The van der Waals surface area contributed by atoms with Gasteiger partial charge in [-0.2, -0.15) is 0 Å². The van der Waals surface area contributed by atoms with E-state index in [9.17, 15) is 19.2 Å². The molecule has 3 amide bonds. The Balaban J connectivity index is 1.98. The number of carbonyl (C=O) groups excluding carboxylic acids is 4. The summed E-state index contributed by atoms with van der Waals surface area (Å²) in [7, 11) is 0. The third kappa shape index (κ3) is 7.65. The normalized spacial score (nSPS) is 17.4. The Morgan fingerprint density at radius 2 is 1.79 bits per heavy atom. The predicted molar refractivity (Wildman–Crippen MR) is 85.1 cm³/mol. The molecule has 1 aliphatic rings. The lowest BCUT2D eigenvalue weighted by Crippen LogP contribution is -2.35. The van der Waals surface area contributed by atoms with Crippen molar-refractivity contribution in [2.45, 2.75) is 33.1 Å². The molecule has 0 aliphatic carbocycles. The van der Waals surface area contributed by atoms with Crippen LogP contribution in [0.2, 0.25) is 0 Å². The summed E-state index contributed by atoms with van der Waals surface area (Å²) in [6.45, 7) is 5.23. The third-order valence-corrected chi connectivity index (χ3v) is 3.57. The number of amides is 3. The number of nitrogens with one attached hydrogen (secondary N) is 1. The molecule has 1 aliphatic heterocycles. The van der Waals surface area contributed by atoms with Crippen molar-refractivity contribution in [3.8, 4) is 0 Å². The van der Waals surface area contributed by atoms with Gasteiger partial charge in [0, 0.05) is 38.3 Å². The summed E-state index contributed by atoms with van der Waals surface area (Å²) in [5.74, 6) is -0.845. The van der Waals surface area contributed by atoms with E-state index in [1.807, 2.05) is 0 Å². The lowest BCUT2D eigenvalue weighted by Gasteiger charge is -2.14. The summed E-state index contributed by atoms with van der Waals surface area (Å²) in [5, 5.41) is 2.67. The summed E-state index contributed by atoms with van der Waals surface area (Å²) >= 11 is 0. The number of imide groups is 1. The Bertz CT molecular complexity index is 465. The second-order valence-corrected chi connectivity index (χ2v) is 5.77. The van der Waals surface area contributed by atoms with E-state index in [0.717, 1.165) is 4.90 Å². The van der Waals surface area contributed by atoms with Crippen molar-refractivity contribution in [3.05, 3.63) is 0 Å². The standard InChI is InChI=1S/C16H26N2O6/c1-12-11-15(21)18(16(12)22)6-3-14(20)17-5-8-24-10-9-23-7-4-13(2)19/h12H,3-11H2,1-2H3,(H,17,20). The molecule has 8 nitrogen and oxygen atoms in total. The molecule has 136 valence electrons. The van der Waals surface area contributed by atoms with E-state index in [2.05, 4.69) is 5.32 Å². The van der Waals surface area contributed by atoms with E-state index >= 15 is 0 Å². The molecule has 1 N–H and O–H groups in total. The van der Waals surface area contributed by atoms with Gasteiger partial charge in [-0.3, -0.25) is 24.1 Å². The highest BCUT2D eigenvalue weighted by atomic mass is 16.5. The molecule has 0 saturated carbocycles. The van der Waals surface area contributed by atoms with Gasteiger partial charge in [-0.1, -0.05) is 6.92 Å². The fourth-order valence-corrected chi connectivity index (χ4v) is 2.19. The van der Waals surface area contributed by atoms with Gasteiger partial charge in [0.05, 0.1) is 26.4 Å². The first-order valence-electron chi connectivity index (χ1n) is 8.17. The molecular weight excluding hydrogens is 316 g/mol. The van der Waals surface area contributed by atoms with Crippen LogP contribution in [0, 0.1) is 5.92 Å². The zero-order valence-corrected chi connectivity index (χ0v) is 14.3. The van der Waals surface area contributed by atoms with Crippen LogP contribution in [0.5, 0.6) is 0 Å². The monoisotopic (exact) mass is 342 g/mol. The Hall–Kier alpha value is -1.80. The van der Waals surface area contributed by atoms with Crippen molar-refractivity contribution in [1.29, 1.82) is 0 Å².